The number of allylic oxidation sites excluding steroid dienone is 2. The summed E-state index contributed by atoms with van der Waals surface area (Å²) in [4.78, 5) is 15.1. The van der Waals surface area contributed by atoms with Gasteiger partial charge in [0.15, 0.2) is 5.13 Å². The first-order valence-corrected chi connectivity index (χ1v) is 15.9. The first kappa shape index (κ1) is 25.5. The molecule has 37 heavy (non-hydrogen) atoms. The number of aryl methyl sites for hydroxylation is 1. The first-order valence-electron chi connectivity index (χ1n) is 15.0. The molecule has 4 nitrogen and oxygen atoms in total. The average molecular weight is 519 g/mol. The van der Waals surface area contributed by atoms with E-state index in [1.54, 1.807) is 18.0 Å². The lowest BCUT2D eigenvalue weighted by Gasteiger charge is -2.57. The van der Waals surface area contributed by atoms with E-state index in [-0.39, 0.29) is 0 Å². The van der Waals surface area contributed by atoms with E-state index >= 15 is 0 Å². The highest BCUT2D eigenvalue weighted by Crippen LogP contribution is 2.68. The number of thiazole rings is 1. The van der Waals surface area contributed by atoms with Crippen LogP contribution in [0.3, 0.4) is 0 Å². The molecule has 0 aromatic carbocycles. The molecule has 6 rings (SSSR count). The number of fused-ring (bicyclic) bond motifs is 7. The minimum absolute atomic E-state index is 0.297. The maximum absolute atomic E-state index is 4.99. The Morgan fingerprint density at radius 2 is 1.84 bits per heavy atom. The number of nitrogens with one attached hydrogen (secondary N) is 1. The minimum Gasteiger partial charge on any atom is -0.300 e. The number of hydrogen-bond acceptors (Lipinski definition) is 5. The van der Waals surface area contributed by atoms with Gasteiger partial charge >= 0.3 is 0 Å². The van der Waals surface area contributed by atoms with Crippen LogP contribution in [0.4, 0.5) is 11.1 Å². The molecule has 2 aromatic rings. The Balaban J connectivity index is 1.22. The van der Waals surface area contributed by atoms with Crippen LogP contribution in [-0.4, -0.2) is 15.0 Å². The average Bonchev–Trinajstić information content (AvgIpc) is 3.44. The van der Waals surface area contributed by atoms with Gasteiger partial charge in [0.25, 0.3) is 0 Å². The largest absolute Gasteiger partial charge is 0.300 e. The Hall–Kier alpha value is -1.75. The van der Waals surface area contributed by atoms with Gasteiger partial charge in [-0.05, 0) is 103 Å². The van der Waals surface area contributed by atoms with Gasteiger partial charge in [-0.2, -0.15) is 0 Å². The van der Waals surface area contributed by atoms with Crippen molar-refractivity contribution in [2.45, 2.75) is 98.8 Å². The molecule has 0 saturated heterocycles. The number of hydrogen-bond donors (Lipinski definition) is 1. The van der Waals surface area contributed by atoms with Crippen LogP contribution in [-0.2, 0) is 6.42 Å². The van der Waals surface area contributed by atoms with Crippen molar-refractivity contribution in [2.24, 2.45) is 46.3 Å². The molecule has 2 heterocycles. The minimum atomic E-state index is 0.297. The Bertz CT molecular complexity index is 1140. The lowest BCUT2D eigenvalue weighted by molar-refractivity contribution is -0.0392. The quantitative estimate of drug-likeness (QED) is 0.397. The molecule has 0 radical (unpaired) electrons. The van der Waals surface area contributed by atoms with Gasteiger partial charge in [-0.15, -0.1) is 0 Å². The van der Waals surface area contributed by atoms with E-state index in [1.165, 1.54) is 68.4 Å². The van der Waals surface area contributed by atoms with E-state index in [4.69, 9.17) is 4.98 Å². The van der Waals surface area contributed by atoms with E-state index in [0.29, 0.717) is 16.8 Å². The van der Waals surface area contributed by atoms with Crippen molar-refractivity contribution >= 4 is 28.0 Å². The van der Waals surface area contributed by atoms with Crippen LogP contribution in [0.15, 0.2) is 24.5 Å². The number of nitrogens with zero attached hydrogens (tertiary/aromatic N) is 3. The zero-order valence-electron chi connectivity index (χ0n) is 23.6. The summed E-state index contributed by atoms with van der Waals surface area (Å²) in [5, 5.41) is 4.29. The number of anilines is 2. The molecule has 200 valence electrons. The maximum Gasteiger partial charge on any atom is 0.228 e. The van der Waals surface area contributed by atoms with E-state index in [2.05, 4.69) is 56.0 Å². The zero-order valence-corrected chi connectivity index (χ0v) is 24.4. The fourth-order valence-corrected chi connectivity index (χ4v) is 10.6. The molecule has 0 spiro atoms. The molecule has 0 bridgehead atoms. The van der Waals surface area contributed by atoms with Gasteiger partial charge in [-0.1, -0.05) is 71.3 Å². The highest BCUT2D eigenvalue weighted by atomic mass is 32.1. The molecule has 2 saturated carbocycles. The number of aromatic nitrogens is 3. The smallest absolute Gasteiger partial charge is 0.228 e. The molecular weight excluding hydrogens is 472 g/mol. The van der Waals surface area contributed by atoms with Crippen molar-refractivity contribution in [3.05, 3.63) is 35.1 Å². The van der Waals surface area contributed by atoms with Gasteiger partial charge in [0, 0.05) is 12.4 Å². The summed E-state index contributed by atoms with van der Waals surface area (Å²) in [6.07, 6.45) is 19.8. The Morgan fingerprint density at radius 1 is 1.03 bits per heavy atom. The van der Waals surface area contributed by atoms with Gasteiger partial charge < -0.3 is 5.32 Å². The van der Waals surface area contributed by atoms with Crippen LogP contribution in [0.2, 0.25) is 0 Å². The molecule has 2 aromatic heterocycles. The molecule has 4 aliphatic carbocycles. The summed E-state index contributed by atoms with van der Waals surface area (Å²) in [7, 11) is 0. The van der Waals surface area contributed by atoms with Crippen LogP contribution >= 0.6 is 11.3 Å². The molecule has 5 heteroatoms. The second-order valence-corrected chi connectivity index (χ2v) is 14.7. The molecule has 0 aliphatic heterocycles. The van der Waals surface area contributed by atoms with Gasteiger partial charge in [-0.25, -0.2) is 15.0 Å². The third-order valence-electron chi connectivity index (χ3n) is 11.3. The van der Waals surface area contributed by atoms with E-state index in [1.807, 2.05) is 17.4 Å². The molecule has 1 N–H and O–H groups in total. The van der Waals surface area contributed by atoms with Crippen LogP contribution < -0.4 is 5.32 Å². The maximum atomic E-state index is 4.99. The van der Waals surface area contributed by atoms with Crippen molar-refractivity contribution < 1.29 is 0 Å². The Kier molecular flexibility index (Phi) is 6.74. The van der Waals surface area contributed by atoms with E-state index in [9.17, 15) is 0 Å². The topological polar surface area (TPSA) is 50.7 Å². The third-order valence-corrected chi connectivity index (χ3v) is 12.3. The predicted molar refractivity (Wildman–Crippen MR) is 155 cm³/mol. The van der Waals surface area contributed by atoms with Crippen molar-refractivity contribution in [3.63, 3.8) is 0 Å². The van der Waals surface area contributed by atoms with Gasteiger partial charge in [0.2, 0.25) is 5.95 Å². The van der Waals surface area contributed by atoms with Crippen molar-refractivity contribution in [2.75, 3.05) is 5.32 Å². The zero-order chi connectivity index (χ0) is 25.8. The number of rotatable bonds is 7. The summed E-state index contributed by atoms with van der Waals surface area (Å²) >= 11 is 1.82. The van der Waals surface area contributed by atoms with Crippen LogP contribution in [0, 0.1) is 46.3 Å². The second kappa shape index (κ2) is 9.77. The Labute approximate surface area is 228 Å². The van der Waals surface area contributed by atoms with Crippen molar-refractivity contribution in [1.82, 2.24) is 15.0 Å². The molecule has 0 amide bonds. The van der Waals surface area contributed by atoms with Gasteiger partial charge in [-0.3, -0.25) is 0 Å². The van der Waals surface area contributed by atoms with E-state index in [0.717, 1.165) is 47.1 Å². The third kappa shape index (κ3) is 4.37. The summed E-state index contributed by atoms with van der Waals surface area (Å²) < 4.78 is 0. The monoisotopic (exact) mass is 518 g/mol. The summed E-state index contributed by atoms with van der Waals surface area (Å²) in [6.45, 7) is 12.6. The van der Waals surface area contributed by atoms with Crippen molar-refractivity contribution in [3.8, 4) is 0 Å². The summed E-state index contributed by atoms with van der Waals surface area (Å²) in [5.41, 5.74) is 3.74. The fraction of sp³-hybridized carbons (Fsp3) is 0.719. The molecule has 0 unspecified atom stereocenters. The van der Waals surface area contributed by atoms with Crippen molar-refractivity contribution in [1.29, 1.82) is 0 Å². The highest BCUT2D eigenvalue weighted by molar-refractivity contribution is 7.16. The molecule has 2 fully saturated rings. The first-order chi connectivity index (χ1) is 17.8. The van der Waals surface area contributed by atoms with Crippen LogP contribution in [0.1, 0.15) is 103 Å². The van der Waals surface area contributed by atoms with Gasteiger partial charge in [0.1, 0.15) is 0 Å². The highest BCUT2D eigenvalue weighted by Gasteiger charge is 2.59. The van der Waals surface area contributed by atoms with E-state index < -0.39 is 0 Å². The lowest BCUT2D eigenvalue weighted by Crippen LogP contribution is -2.49. The normalized spacial score (nSPS) is 35.2. The standard InChI is InChI=1S/C32H46N4S/c1-20(2)8-6-9-21(3)23-12-13-24-22-10-11-26-28-27(35-30(37-28)36-29-33-18-7-19-34-29)15-17-32(26,5)25(22)14-16-31(23,24)4/h7,11,18-25H,6,8-10,12-17H2,1-5H3,(H,33,34,35,36)/t21-,22+,23-,24+,25+,31-,32-/m1/s1. The lowest BCUT2D eigenvalue weighted by atomic mass is 9.47. The van der Waals surface area contributed by atoms with Crippen LogP contribution in [0.5, 0.6) is 0 Å². The Morgan fingerprint density at radius 3 is 2.62 bits per heavy atom. The summed E-state index contributed by atoms with van der Waals surface area (Å²) in [6, 6.07) is 1.85. The SMILES string of the molecule is CC(C)CCC[C@@H](C)[C@H]1CC[C@H]2[C@@H]3CC=C4c5sc(Nc6ncccn6)nc5CC[C@]4(C)[C@H]3CC[C@]12C. The molecular formula is C32H46N4S. The molecule has 4 aliphatic rings. The second-order valence-electron chi connectivity index (χ2n) is 13.7. The van der Waals surface area contributed by atoms with Gasteiger partial charge in [0.05, 0.1) is 10.6 Å². The van der Waals surface area contributed by atoms with Crippen LogP contribution in [0.25, 0.3) is 5.57 Å². The molecule has 7 atom stereocenters. The fourth-order valence-electron chi connectivity index (χ4n) is 9.41. The summed E-state index contributed by atoms with van der Waals surface area (Å²) in [5.74, 6) is 5.88. The predicted octanol–water partition coefficient (Wildman–Crippen LogP) is 8.94.